The SMILES string of the molecule is CC1=C(C(N)=O)C=NC=CCC1. The summed E-state index contributed by atoms with van der Waals surface area (Å²) in [6.07, 6.45) is 6.97. The zero-order valence-electron chi connectivity index (χ0n) is 7.08. The molecule has 64 valence electrons. The van der Waals surface area contributed by atoms with Crippen LogP contribution in [0.4, 0.5) is 0 Å². The van der Waals surface area contributed by atoms with Gasteiger partial charge in [-0.05, 0) is 19.8 Å². The summed E-state index contributed by atoms with van der Waals surface area (Å²) < 4.78 is 0. The number of nitrogens with zero attached hydrogens (tertiary/aromatic N) is 1. The molecule has 0 fully saturated rings. The number of aliphatic imine (C=N–C) groups is 1. The Morgan fingerprint density at radius 1 is 1.67 bits per heavy atom. The van der Waals surface area contributed by atoms with E-state index < -0.39 is 5.91 Å². The fourth-order valence-electron chi connectivity index (χ4n) is 1.07. The highest BCUT2D eigenvalue weighted by atomic mass is 16.1. The summed E-state index contributed by atoms with van der Waals surface area (Å²) in [6, 6.07) is 0. The second-order valence-electron chi connectivity index (χ2n) is 2.76. The first-order valence-electron chi connectivity index (χ1n) is 3.89. The minimum absolute atomic E-state index is 0.397. The van der Waals surface area contributed by atoms with Crippen LogP contribution in [0.1, 0.15) is 19.8 Å². The van der Waals surface area contributed by atoms with Gasteiger partial charge in [-0.25, -0.2) is 0 Å². The van der Waals surface area contributed by atoms with Crippen molar-refractivity contribution in [2.75, 3.05) is 0 Å². The number of carbonyl (C=O) groups excluding carboxylic acids is 1. The standard InChI is InChI=1S/C9H12N2O/c1-7-4-2-3-5-11-6-8(7)9(10)12/h3,5-6H,2,4H2,1H3,(H2,10,12). The number of nitrogens with two attached hydrogens (primary N) is 1. The van der Waals surface area contributed by atoms with Crippen molar-refractivity contribution in [3.05, 3.63) is 23.4 Å². The van der Waals surface area contributed by atoms with Gasteiger partial charge in [-0.15, -0.1) is 0 Å². The predicted molar refractivity (Wildman–Crippen MR) is 48.8 cm³/mol. The van der Waals surface area contributed by atoms with Crippen molar-refractivity contribution < 1.29 is 4.79 Å². The molecular formula is C9H12N2O. The van der Waals surface area contributed by atoms with Gasteiger partial charge in [-0.1, -0.05) is 11.6 Å². The van der Waals surface area contributed by atoms with Crippen molar-refractivity contribution >= 4 is 12.1 Å². The van der Waals surface area contributed by atoms with Crippen LogP contribution in [0.5, 0.6) is 0 Å². The Hall–Kier alpha value is -1.38. The van der Waals surface area contributed by atoms with Crippen LogP contribution < -0.4 is 5.73 Å². The first-order chi connectivity index (χ1) is 5.72. The summed E-state index contributed by atoms with van der Waals surface area (Å²) >= 11 is 0. The first kappa shape index (κ1) is 8.71. The molecule has 0 aliphatic carbocycles. The third kappa shape index (κ3) is 2.05. The van der Waals surface area contributed by atoms with Gasteiger partial charge in [0.25, 0.3) is 0 Å². The summed E-state index contributed by atoms with van der Waals surface area (Å²) in [6.45, 7) is 1.91. The van der Waals surface area contributed by atoms with Crippen LogP contribution in [0.15, 0.2) is 28.4 Å². The predicted octanol–water partition coefficient (Wildman–Crippen LogP) is 1.17. The van der Waals surface area contributed by atoms with Crippen LogP contribution in [0.2, 0.25) is 0 Å². The van der Waals surface area contributed by atoms with E-state index in [0.29, 0.717) is 5.57 Å². The van der Waals surface area contributed by atoms with Gasteiger partial charge in [0, 0.05) is 12.4 Å². The normalized spacial score (nSPS) is 17.4. The highest BCUT2D eigenvalue weighted by molar-refractivity contribution is 6.12. The molecule has 0 atom stereocenters. The number of hydrogen-bond acceptors (Lipinski definition) is 2. The molecule has 0 saturated heterocycles. The van der Waals surface area contributed by atoms with Crippen LogP contribution >= 0.6 is 0 Å². The Kier molecular flexibility index (Phi) is 2.80. The number of carbonyl (C=O) groups is 1. The highest BCUT2D eigenvalue weighted by Gasteiger charge is 2.06. The summed E-state index contributed by atoms with van der Waals surface area (Å²) in [5.41, 5.74) is 6.72. The van der Waals surface area contributed by atoms with E-state index in [2.05, 4.69) is 4.99 Å². The van der Waals surface area contributed by atoms with E-state index in [4.69, 9.17) is 5.73 Å². The van der Waals surface area contributed by atoms with Crippen LogP contribution in [0.25, 0.3) is 0 Å². The van der Waals surface area contributed by atoms with Crippen molar-refractivity contribution in [2.45, 2.75) is 19.8 Å². The number of amides is 1. The van der Waals surface area contributed by atoms with Crippen LogP contribution in [0.3, 0.4) is 0 Å². The molecule has 0 saturated carbocycles. The van der Waals surface area contributed by atoms with Crippen molar-refractivity contribution in [3.63, 3.8) is 0 Å². The van der Waals surface area contributed by atoms with Crippen molar-refractivity contribution in [1.82, 2.24) is 0 Å². The number of primary amides is 1. The minimum Gasteiger partial charge on any atom is -0.366 e. The average Bonchev–Trinajstić information content (AvgIpc) is 1.96. The van der Waals surface area contributed by atoms with Crippen molar-refractivity contribution in [1.29, 1.82) is 0 Å². The maximum atomic E-state index is 10.9. The molecule has 1 heterocycles. The second kappa shape index (κ2) is 3.85. The monoisotopic (exact) mass is 164 g/mol. The smallest absolute Gasteiger partial charge is 0.250 e. The summed E-state index contributed by atoms with van der Waals surface area (Å²) in [5.74, 6) is -0.397. The van der Waals surface area contributed by atoms with Gasteiger partial charge in [0.2, 0.25) is 5.91 Å². The molecule has 1 aliphatic rings. The molecule has 0 unspecified atom stereocenters. The molecule has 3 heteroatoms. The fourth-order valence-corrected chi connectivity index (χ4v) is 1.07. The van der Waals surface area contributed by atoms with Gasteiger partial charge >= 0.3 is 0 Å². The maximum Gasteiger partial charge on any atom is 0.250 e. The quantitative estimate of drug-likeness (QED) is 0.621. The van der Waals surface area contributed by atoms with E-state index in [0.717, 1.165) is 18.4 Å². The zero-order valence-corrected chi connectivity index (χ0v) is 7.08. The second-order valence-corrected chi connectivity index (χ2v) is 2.76. The van der Waals surface area contributed by atoms with Gasteiger partial charge in [0.1, 0.15) is 0 Å². The third-order valence-electron chi connectivity index (χ3n) is 1.81. The lowest BCUT2D eigenvalue weighted by Crippen LogP contribution is -2.16. The van der Waals surface area contributed by atoms with E-state index in [1.165, 1.54) is 6.21 Å². The zero-order chi connectivity index (χ0) is 8.97. The highest BCUT2D eigenvalue weighted by Crippen LogP contribution is 2.11. The Morgan fingerprint density at radius 3 is 3.08 bits per heavy atom. The van der Waals surface area contributed by atoms with Gasteiger partial charge in [-0.3, -0.25) is 9.79 Å². The summed E-state index contributed by atoms with van der Waals surface area (Å²) in [5, 5.41) is 0. The van der Waals surface area contributed by atoms with Crippen LogP contribution in [-0.2, 0) is 4.79 Å². The molecule has 1 aliphatic heterocycles. The van der Waals surface area contributed by atoms with E-state index in [-0.39, 0.29) is 0 Å². The largest absolute Gasteiger partial charge is 0.366 e. The molecule has 0 aromatic rings. The van der Waals surface area contributed by atoms with Crippen LogP contribution in [-0.4, -0.2) is 12.1 Å². The molecule has 0 radical (unpaired) electrons. The van der Waals surface area contributed by atoms with Gasteiger partial charge in [0.05, 0.1) is 5.57 Å². The molecule has 1 rings (SSSR count). The van der Waals surface area contributed by atoms with E-state index >= 15 is 0 Å². The summed E-state index contributed by atoms with van der Waals surface area (Å²) in [4.78, 5) is 14.8. The third-order valence-corrected chi connectivity index (χ3v) is 1.81. The number of hydrogen-bond donors (Lipinski definition) is 1. The van der Waals surface area contributed by atoms with Crippen molar-refractivity contribution in [3.8, 4) is 0 Å². The Labute approximate surface area is 71.7 Å². The lowest BCUT2D eigenvalue weighted by molar-refractivity contribution is -0.114. The Bertz CT molecular complexity index is 274. The lowest BCUT2D eigenvalue weighted by atomic mass is 10.0. The Balaban J connectivity index is 2.96. The van der Waals surface area contributed by atoms with Gasteiger partial charge in [-0.2, -0.15) is 0 Å². The average molecular weight is 164 g/mol. The maximum absolute atomic E-state index is 10.9. The molecule has 0 spiro atoms. The van der Waals surface area contributed by atoms with E-state index in [9.17, 15) is 4.79 Å². The summed E-state index contributed by atoms with van der Waals surface area (Å²) in [7, 11) is 0. The molecule has 0 bridgehead atoms. The molecule has 12 heavy (non-hydrogen) atoms. The topological polar surface area (TPSA) is 55.5 Å². The first-order valence-corrected chi connectivity index (χ1v) is 3.89. The van der Waals surface area contributed by atoms with Crippen LogP contribution in [0, 0.1) is 0 Å². The molecule has 0 aromatic heterocycles. The van der Waals surface area contributed by atoms with E-state index in [1.54, 1.807) is 6.20 Å². The molecule has 0 aromatic carbocycles. The molecule has 1 amide bonds. The lowest BCUT2D eigenvalue weighted by Gasteiger charge is -2.04. The number of rotatable bonds is 1. The molecule has 3 nitrogen and oxygen atoms in total. The van der Waals surface area contributed by atoms with E-state index in [1.807, 2.05) is 13.0 Å². The Morgan fingerprint density at radius 2 is 2.42 bits per heavy atom. The van der Waals surface area contributed by atoms with Crippen molar-refractivity contribution in [2.24, 2.45) is 10.7 Å². The van der Waals surface area contributed by atoms with Gasteiger partial charge in [0.15, 0.2) is 0 Å². The molecule has 2 N–H and O–H groups in total. The minimum atomic E-state index is -0.397. The fraction of sp³-hybridized carbons (Fsp3) is 0.333. The number of allylic oxidation sites excluding steroid dienone is 2. The molecular weight excluding hydrogens is 152 g/mol. The van der Waals surface area contributed by atoms with Gasteiger partial charge < -0.3 is 5.73 Å².